The van der Waals surface area contributed by atoms with Crippen molar-refractivity contribution in [2.45, 2.75) is 44.8 Å². The summed E-state index contributed by atoms with van der Waals surface area (Å²) in [5, 5.41) is 14.9. The molecule has 2 aliphatic rings. The molecule has 1 heterocycles. The standard InChI is InChI=1S/C24H28N4O5/c1-14-2-3-15(22(29)26-16-4-5-16)12-21(14)27-23(30)19-13-18(6-7-20(19)25)33-17-8-10-28(11-9-17)24(31)32/h2-3,6-7,12-13,16-17H,4-5,8-11,25H2,1H3,(H,26,29)(H,27,30)(H,31,32). The summed E-state index contributed by atoms with van der Waals surface area (Å²) < 4.78 is 5.99. The SMILES string of the molecule is Cc1ccc(C(=O)NC2CC2)cc1NC(=O)c1cc(OC2CCN(C(=O)O)CC2)ccc1N. The smallest absolute Gasteiger partial charge is 0.407 e. The van der Waals surface area contributed by atoms with E-state index in [-0.39, 0.29) is 23.6 Å². The molecule has 9 nitrogen and oxygen atoms in total. The Morgan fingerprint density at radius 1 is 1.03 bits per heavy atom. The number of carboxylic acid groups (broad SMARTS) is 1. The van der Waals surface area contributed by atoms with Gasteiger partial charge in [0.05, 0.1) is 5.56 Å². The minimum Gasteiger partial charge on any atom is -0.490 e. The van der Waals surface area contributed by atoms with Crippen LogP contribution in [0.5, 0.6) is 5.75 Å². The predicted octanol–water partition coefficient (Wildman–Crippen LogP) is 3.24. The molecule has 2 aromatic carbocycles. The molecule has 0 aromatic heterocycles. The van der Waals surface area contributed by atoms with Gasteiger partial charge in [-0.25, -0.2) is 4.79 Å². The number of benzene rings is 2. The second-order valence-corrected chi connectivity index (χ2v) is 8.57. The third-order valence-corrected chi connectivity index (χ3v) is 5.95. The van der Waals surface area contributed by atoms with Crippen molar-refractivity contribution in [3.05, 3.63) is 53.1 Å². The summed E-state index contributed by atoms with van der Waals surface area (Å²) in [6.07, 6.45) is 2.09. The zero-order valence-electron chi connectivity index (χ0n) is 18.5. The number of nitrogens with zero attached hydrogens (tertiary/aromatic N) is 1. The van der Waals surface area contributed by atoms with Gasteiger partial charge >= 0.3 is 6.09 Å². The number of nitrogens with two attached hydrogens (primary N) is 1. The summed E-state index contributed by atoms with van der Waals surface area (Å²) in [6, 6.07) is 10.3. The molecule has 0 radical (unpaired) electrons. The normalized spacial score (nSPS) is 16.2. The Bertz CT molecular complexity index is 1070. The number of nitrogens with one attached hydrogen (secondary N) is 2. The lowest BCUT2D eigenvalue weighted by molar-refractivity contribution is 0.0890. The van der Waals surface area contributed by atoms with Crippen molar-refractivity contribution in [3.63, 3.8) is 0 Å². The molecule has 33 heavy (non-hydrogen) atoms. The van der Waals surface area contributed by atoms with Crippen LogP contribution in [0.4, 0.5) is 16.2 Å². The van der Waals surface area contributed by atoms with Crippen molar-refractivity contribution in [1.82, 2.24) is 10.2 Å². The molecule has 1 aliphatic heterocycles. The number of piperidine rings is 1. The second kappa shape index (κ2) is 9.40. The van der Waals surface area contributed by atoms with Crippen LogP contribution in [-0.2, 0) is 0 Å². The van der Waals surface area contributed by atoms with E-state index < -0.39 is 12.0 Å². The molecule has 174 valence electrons. The van der Waals surface area contributed by atoms with Gasteiger partial charge in [0, 0.05) is 48.9 Å². The summed E-state index contributed by atoms with van der Waals surface area (Å²) in [6.45, 7) is 2.67. The van der Waals surface area contributed by atoms with Gasteiger partial charge < -0.3 is 31.1 Å². The highest BCUT2D eigenvalue weighted by atomic mass is 16.5. The lowest BCUT2D eigenvalue weighted by Gasteiger charge is -2.30. The van der Waals surface area contributed by atoms with Crippen LogP contribution in [0.25, 0.3) is 0 Å². The summed E-state index contributed by atoms with van der Waals surface area (Å²) in [4.78, 5) is 37.8. The monoisotopic (exact) mass is 452 g/mol. The molecule has 0 atom stereocenters. The van der Waals surface area contributed by atoms with E-state index in [4.69, 9.17) is 15.6 Å². The van der Waals surface area contributed by atoms with E-state index in [1.54, 1.807) is 36.4 Å². The van der Waals surface area contributed by atoms with Gasteiger partial charge in [-0.2, -0.15) is 0 Å². The van der Waals surface area contributed by atoms with E-state index in [1.807, 2.05) is 6.92 Å². The number of anilines is 2. The average Bonchev–Trinajstić information content (AvgIpc) is 3.60. The van der Waals surface area contributed by atoms with Crippen LogP contribution in [0.1, 0.15) is 52.0 Å². The van der Waals surface area contributed by atoms with Gasteiger partial charge in [-0.3, -0.25) is 9.59 Å². The number of carbonyl (C=O) groups excluding carboxylic acids is 2. The fourth-order valence-electron chi connectivity index (χ4n) is 3.75. The van der Waals surface area contributed by atoms with Crippen molar-refractivity contribution in [3.8, 4) is 5.75 Å². The van der Waals surface area contributed by atoms with Crippen LogP contribution in [-0.4, -0.2) is 53.1 Å². The lowest BCUT2D eigenvalue weighted by atomic mass is 10.1. The van der Waals surface area contributed by atoms with Crippen LogP contribution in [0, 0.1) is 6.92 Å². The highest BCUT2D eigenvalue weighted by Gasteiger charge is 2.25. The molecule has 0 bridgehead atoms. The van der Waals surface area contributed by atoms with E-state index in [2.05, 4.69) is 10.6 Å². The predicted molar refractivity (Wildman–Crippen MR) is 124 cm³/mol. The van der Waals surface area contributed by atoms with E-state index in [0.29, 0.717) is 48.6 Å². The van der Waals surface area contributed by atoms with Crippen molar-refractivity contribution >= 4 is 29.3 Å². The first-order valence-corrected chi connectivity index (χ1v) is 11.1. The maximum absolute atomic E-state index is 13.0. The van der Waals surface area contributed by atoms with Crippen LogP contribution in [0.3, 0.4) is 0 Å². The van der Waals surface area contributed by atoms with Crippen molar-refractivity contribution in [1.29, 1.82) is 0 Å². The first kappa shape index (κ1) is 22.4. The van der Waals surface area contributed by atoms with E-state index in [9.17, 15) is 14.4 Å². The molecule has 2 fully saturated rings. The summed E-state index contributed by atoms with van der Waals surface area (Å²) >= 11 is 0. The maximum atomic E-state index is 13.0. The third kappa shape index (κ3) is 5.54. The van der Waals surface area contributed by atoms with Gasteiger partial charge in [0.15, 0.2) is 0 Å². The fraction of sp³-hybridized carbons (Fsp3) is 0.375. The molecular weight excluding hydrogens is 424 g/mol. The molecule has 3 amide bonds. The number of ether oxygens (including phenoxy) is 1. The van der Waals surface area contributed by atoms with Crippen LogP contribution >= 0.6 is 0 Å². The lowest BCUT2D eigenvalue weighted by Crippen LogP contribution is -2.41. The Morgan fingerprint density at radius 3 is 2.42 bits per heavy atom. The van der Waals surface area contributed by atoms with Crippen molar-refractivity contribution in [2.75, 3.05) is 24.1 Å². The zero-order chi connectivity index (χ0) is 23.5. The Hall–Kier alpha value is -3.75. The Morgan fingerprint density at radius 2 is 1.76 bits per heavy atom. The van der Waals surface area contributed by atoms with Crippen LogP contribution in [0.2, 0.25) is 0 Å². The topological polar surface area (TPSA) is 134 Å². The van der Waals surface area contributed by atoms with Gasteiger partial charge in [0.1, 0.15) is 11.9 Å². The molecule has 4 rings (SSSR count). The summed E-state index contributed by atoms with van der Waals surface area (Å²) in [7, 11) is 0. The number of hydrogen-bond donors (Lipinski definition) is 4. The molecule has 0 unspecified atom stereocenters. The van der Waals surface area contributed by atoms with Gasteiger partial charge in [-0.15, -0.1) is 0 Å². The van der Waals surface area contributed by atoms with E-state index >= 15 is 0 Å². The number of aryl methyl sites for hydroxylation is 1. The Kier molecular flexibility index (Phi) is 6.39. The Labute approximate surface area is 191 Å². The number of nitrogen functional groups attached to an aromatic ring is 1. The third-order valence-electron chi connectivity index (χ3n) is 5.95. The molecular formula is C24H28N4O5. The van der Waals surface area contributed by atoms with Crippen LogP contribution in [0.15, 0.2) is 36.4 Å². The number of rotatable bonds is 6. The number of likely N-dealkylation sites (tertiary alicyclic amines) is 1. The average molecular weight is 453 g/mol. The first-order chi connectivity index (χ1) is 15.8. The Balaban J connectivity index is 1.44. The maximum Gasteiger partial charge on any atom is 0.407 e. The highest BCUT2D eigenvalue weighted by Crippen LogP contribution is 2.26. The molecule has 9 heteroatoms. The second-order valence-electron chi connectivity index (χ2n) is 8.57. The quantitative estimate of drug-likeness (QED) is 0.497. The van der Waals surface area contributed by atoms with E-state index in [1.165, 1.54) is 4.90 Å². The molecule has 5 N–H and O–H groups in total. The molecule has 1 saturated carbocycles. The number of carbonyl (C=O) groups is 3. The number of amides is 3. The van der Waals surface area contributed by atoms with Crippen molar-refractivity contribution in [2.24, 2.45) is 0 Å². The molecule has 1 saturated heterocycles. The first-order valence-electron chi connectivity index (χ1n) is 11.1. The zero-order valence-corrected chi connectivity index (χ0v) is 18.5. The molecule has 2 aromatic rings. The highest BCUT2D eigenvalue weighted by molar-refractivity contribution is 6.09. The summed E-state index contributed by atoms with van der Waals surface area (Å²) in [5.74, 6) is -0.0595. The van der Waals surface area contributed by atoms with Gasteiger partial charge in [0.2, 0.25) is 0 Å². The van der Waals surface area contributed by atoms with Gasteiger partial charge in [0.25, 0.3) is 11.8 Å². The minimum absolute atomic E-state index is 0.135. The van der Waals surface area contributed by atoms with Gasteiger partial charge in [-0.05, 0) is 55.7 Å². The largest absolute Gasteiger partial charge is 0.490 e. The van der Waals surface area contributed by atoms with Gasteiger partial charge in [-0.1, -0.05) is 6.07 Å². The fourth-order valence-corrected chi connectivity index (χ4v) is 3.75. The van der Waals surface area contributed by atoms with E-state index in [0.717, 1.165) is 18.4 Å². The van der Waals surface area contributed by atoms with Crippen molar-refractivity contribution < 1.29 is 24.2 Å². The summed E-state index contributed by atoms with van der Waals surface area (Å²) in [5.41, 5.74) is 8.47. The van der Waals surface area contributed by atoms with Crippen LogP contribution < -0.4 is 21.1 Å². The molecule has 1 aliphatic carbocycles. The number of hydrogen-bond acceptors (Lipinski definition) is 5. The molecule has 0 spiro atoms. The minimum atomic E-state index is -0.927.